The molecule has 0 saturated carbocycles. The maximum atomic E-state index is 5.80. The van der Waals surface area contributed by atoms with Crippen molar-refractivity contribution in [3.05, 3.63) is 6.33 Å². The molecule has 2 heterocycles. The average molecular weight is 232 g/mol. The Morgan fingerprint density at radius 3 is 3.21 bits per heavy atom. The summed E-state index contributed by atoms with van der Waals surface area (Å²) in [5.74, 6) is 0.736. The summed E-state index contributed by atoms with van der Waals surface area (Å²) < 4.78 is 4.05. The zero-order valence-electron chi connectivity index (χ0n) is 8.03. The molecule has 0 aromatic carbocycles. The van der Waals surface area contributed by atoms with Gasteiger partial charge < -0.3 is 4.90 Å². The molecule has 1 atom stereocenters. The highest BCUT2D eigenvalue weighted by atomic mass is 35.5. The zero-order valence-corrected chi connectivity index (χ0v) is 9.60. The minimum Gasteiger partial charge on any atom is -0.344 e. The van der Waals surface area contributed by atoms with Gasteiger partial charge in [-0.1, -0.05) is 0 Å². The normalized spacial score (nSPS) is 22.6. The summed E-state index contributed by atoms with van der Waals surface area (Å²) in [4.78, 5) is 6.63. The van der Waals surface area contributed by atoms with Gasteiger partial charge in [0.15, 0.2) is 0 Å². The van der Waals surface area contributed by atoms with Crippen LogP contribution in [-0.4, -0.2) is 27.8 Å². The van der Waals surface area contributed by atoms with Gasteiger partial charge in [0.1, 0.15) is 6.33 Å². The number of nitrogens with zero attached hydrogens (tertiary/aromatic N) is 3. The Bertz CT molecular complexity index is 263. The van der Waals surface area contributed by atoms with E-state index in [4.69, 9.17) is 11.6 Å². The van der Waals surface area contributed by atoms with Crippen LogP contribution < -0.4 is 4.90 Å². The highest BCUT2D eigenvalue weighted by Crippen LogP contribution is 2.26. The Balaban J connectivity index is 2.06. The van der Waals surface area contributed by atoms with Gasteiger partial charge in [-0.15, -0.1) is 11.6 Å². The van der Waals surface area contributed by atoms with E-state index in [-0.39, 0.29) is 0 Å². The quantitative estimate of drug-likeness (QED) is 0.749. The number of rotatable bonds is 3. The van der Waals surface area contributed by atoms with Gasteiger partial charge in [0.05, 0.1) is 0 Å². The molecule has 0 amide bonds. The molecule has 2 rings (SSSR count). The first-order chi connectivity index (χ1) is 6.92. The predicted octanol–water partition coefficient (Wildman–Crippen LogP) is 2.53. The maximum Gasteiger partial charge on any atom is 0.205 e. The first-order valence-corrected chi connectivity index (χ1v) is 6.32. The van der Waals surface area contributed by atoms with Crippen molar-refractivity contribution >= 4 is 28.3 Å². The minimum absolute atomic E-state index is 0.578. The molecule has 0 radical (unpaired) electrons. The first kappa shape index (κ1) is 10.2. The van der Waals surface area contributed by atoms with E-state index in [1.807, 2.05) is 0 Å². The Kier molecular flexibility index (Phi) is 3.59. The van der Waals surface area contributed by atoms with Gasteiger partial charge in [0.25, 0.3) is 0 Å². The molecular formula is C9H14ClN3S. The van der Waals surface area contributed by atoms with E-state index in [1.165, 1.54) is 30.8 Å². The van der Waals surface area contributed by atoms with Crippen molar-refractivity contribution in [2.45, 2.75) is 31.7 Å². The molecule has 1 fully saturated rings. The summed E-state index contributed by atoms with van der Waals surface area (Å²) in [5, 5.41) is 1.06. The Morgan fingerprint density at radius 2 is 2.50 bits per heavy atom. The van der Waals surface area contributed by atoms with E-state index in [9.17, 15) is 0 Å². The fourth-order valence-corrected chi connectivity index (χ4v) is 2.85. The molecular weight excluding hydrogens is 218 g/mol. The van der Waals surface area contributed by atoms with E-state index >= 15 is 0 Å². The SMILES string of the molecule is ClCCC1CCCCN1c1ncns1. The van der Waals surface area contributed by atoms with Crippen molar-refractivity contribution in [1.29, 1.82) is 0 Å². The fourth-order valence-electron chi connectivity index (χ4n) is 1.97. The van der Waals surface area contributed by atoms with Crippen LogP contribution in [0.5, 0.6) is 0 Å². The third-order valence-corrected chi connectivity index (χ3v) is 3.59. The average Bonchev–Trinajstić information content (AvgIpc) is 2.72. The third-order valence-electron chi connectivity index (χ3n) is 2.66. The molecule has 1 aromatic heterocycles. The molecule has 0 aliphatic carbocycles. The van der Waals surface area contributed by atoms with Crippen molar-refractivity contribution < 1.29 is 0 Å². The summed E-state index contributed by atoms with van der Waals surface area (Å²) in [5.41, 5.74) is 0. The van der Waals surface area contributed by atoms with E-state index in [0.717, 1.165) is 24.0 Å². The van der Waals surface area contributed by atoms with Gasteiger partial charge in [0, 0.05) is 30.0 Å². The second-order valence-electron chi connectivity index (χ2n) is 3.54. The van der Waals surface area contributed by atoms with Gasteiger partial charge in [-0.05, 0) is 25.7 Å². The van der Waals surface area contributed by atoms with Crippen LogP contribution in [0.25, 0.3) is 0 Å². The van der Waals surface area contributed by atoms with Gasteiger partial charge in [-0.25, -0.2) is 4.98 Å². The largest absolute Gasteiger partial charge is 0.344 e. The topological polar surface area (TPSA) is 29.0 Å². The number of halogens is 1. The summed E-state index contributed by atoms with van der Waals surface area (Å²) in [6.45, 7) is 1.11. The highest BCUT2D eigenvalue weighted by Gasteiger charge is 2.23. The molecule has 14 heavy (non-hydrogen) atoms. The molecule has 3 nitrogen and oxygen atoms in total. The van der Waals surface area contributed by atoms with Crippen LogP contribution >= 0.6 is 23.1 Å². The van der Waals surface area contributed by atoms with E-state index in [2.05, 4.69) is 14.3 Å². The maximum absolute atomic E-state index is 5.80. The van der Waals surface area contributed by atoms with Crippen LogP contribution in [-0.2, 0) is 0 Å². The van der Waals surface area contributed by atoms with Gasteiger partial charge in [0.2, 0.25) is 5.13 Å². The van der Waals surface area contributed by atoms with E-state index < -0.39 is 0 Å². The van der Waals surface area contributed by atoms with Gasteiger partial charge in [-0.2, -0.15) is 4.37 Å². The van der Waals surface area contributed by atoms with Crippen LogP contribution in [0.1, 0.15) is 25.7 Å². The lowest BCUT2D eigenvalue weighted by Crippen LogP contribution is -2.39. The summed E-state index contributed by atoms with van der Waals surface area (Å²) in [7, 11) is 0. The van der Waals surface area contributed by atoms with Crippen molar-refractivity contribution in [1.82, 2.24) is 9.36 Å². The minimum atomic E-state index is 0.578. The standard InChI is InChI=1S/C9H14ClN3S/c10-5-4-8-3-1-2-6-13(8)9-11-7-12-14-9/h7-8H,1-6H2. The second kappa shape index (κ2) is 4.94. The molecule has 1 saturated heterocycles. The molecule has 1 aliphatic rings. The van der Waals surface area contributed by atoms with E-state index in [0.29, 0.717) is 6.04 Å². The van der Waals surface area contributed by atoms with Crippen molar-refractivity contribution in [2.75, 3.05) is 17.3 Å². The predicted molar refractivity (Wildman–Crippen MR) is 60.2 cm³/mol. The fraction of sp³-hybridized carbons (Fsp3) is 0.778. The van der Waals surface area contributed by atoms with Crippen LogP contribution in [0.4, 0.5) is 5.13 Å². The zero-order chi connectivity index (χ0) is 9.80. The monoisotopic (exact) mass is 231 g/mol. The third kappa shape index (κ3) is 2.17. The van der Waals surface area contributed by atoms with Crippen LogP contribution in [0.15, 0.2) is 6.33 Å². The number of anilines is 1. The van der Waals surface area contributed by atoms with Crippen LogP contribution in [0, 0.1) is 0 Å². The van der Waals surface area contributed by atoms with Gasteiger partial charge >= 0.3 is 0 Å². The molecule has 78 valence electrons. The molecule has 1 unspecified atom stereocenters. The molecule has 1 aliphatic heterocycles. The van der Waals surface area contributed by atoms with Crippen molar-refractivity contribution in [3.63, 3.8) is 0 Å². The number of hydrogen-bond donors (Lipinski definition) is 0. The molecule has 0 spiro atoms. The summed E-state index contributed by atoms with van der Waals surface area (Å²) in [6.07, 6.45) is 6.51. The highest BCUT2D eigenvalue weighted by molar-refractivity contribution is 7.09. The van der Waals surface area contributed by atoms with Crippen molar-refractivity contribution in [3.8, 4) is 0 Å². The Morgan fingerprint density at radius 1 is 1.57 bits per heavy atom. The number of hydrogen-bond acceptors (Lipinski definition) is 4. The molecule has 1 aromatic rings. The van der Waals surface area contributed by atoms with Crippen LogP contribution in [0.3, 0.4) is 0 Å². The summed E-state index contributed by atoms with van der Waals surface area (Å²) >= 11 is 7.28. The lowest BCUT2D eigenvalue weighted by molar-refractivity contribution is 0.451. The molecule has 0 bridgehead atoms. The van der Waals surface area contributed by atoms with E-state index in [1.54, 1.807) is 6.33 Å². The van der Waals surface area contributed by atoms with Gasteiger partial charge in [-0.3, -0.25) is 0 Å². The Hall–Kier alpha value is -0.350. The molecule has 0 N–H and O–H groups in total. The smallest absolute Gasteiger partial charge is 0.205 e. The Labute approximate surface area is 93.3 Å². The first-order valence-electron chi connectivity index (χ1n) is 5.01. The summed E-state index contributed by atoms with van der Waals surface area (Å²) in [6, 6.07) is 0.578. The number of piperidine rings is 1. The lowest BCUT2D eigenvalue weighted by atomic mass is 10.0. The lowest BCUT2D eigenvalue weighted by Gasteiger charge is -2.34. The number of aromatic nitrogens is 2. The van der Waals surface area contributed by atoms with Crippen LogP contribution in [0.2, 0.25) is 0 Å². The number of alkyl halides is 1. The molecule has 5 heteroatoms. The second-order valence-corrected chi connectivity index (χ2v) is 4.68. The van der Waals surface area contributed by atoms with Crippen molar-refractivity contribution in [2.24, 2.45) is 0 Å².